The molecule has 0 N–H and O–H groups in total. The van der Waals surface area contributed by atoms with E-state index in [1.54, 1.807) is 12.7 Å². The van der Waals surface area contributed by atoms with E-state index < -0.39 is 10.2 Å². The van der Waals surface area contributed by atoms with Crippen LogP contribution in [0.25, 0.3) is 5.69 Å². The molecule has 7 heteroatoms. The van der Waals surface area contributed by atoms with Crippen LogP contribution in [-0.2, 0) is 0 Å². The lowest BCUT2D eigenvalue weighted by Gasteiger charge is -2.17. The summed E-state index contributed by atoms with van der Waals surface area (Å²) in [6, 6.07) is 10.0. The van der Waals surface area contributed by atoms with Crippen molar-refractivity contribution in [2.75, 3.05) is 0 Å². The minimum Gasteiger partial charge on any atom is -0.412 e. The molecule has 0 aliphatic rings. The van der Waals surface area contributed by atoms with Crippen molar-refractivity contribution in [1.82, 2.24) is 0 Å². The summed E-state index contributed by atoms with van der Waals surface area (Å²) in [5.41, 5.74) is 1.11. The Morgan fingerprint density at radius 3 is 2.00 bits per heavy atom. The first-order valence-corrected chi connectivity index (χ1v) is 5.31. The number of halogens is 1. The highest BCUT2D eigenvalue weighted by Gasteiger charge is 2.02. The van der Waals surface area contributed by atoms with Gasteiger partial charge in [0.2, 0.25) is 11.9 Å². The summed E-state index contributed by atoms with van der Waals surface area (Å²) in [4.78, 5) is 0. The molecule has 0 saturated heterocycles. The summed E-state index contributed by atoms with van der Waals surface area (Å²) in [6.45, 7) is 0. The maximum absolute atomic E-state index is 8.49. The van der Waals surface area contributed by atoms with Crippen molar-refractivity contribution in [3.8, 4) is 5.69 Å². The molecule has 6 nitrogen and oxygen atoms in total. The minimum atomic E-state index is -4.94. The molecule has 2 aromatic rings. The van der Waals surface area contributed by atoms with Gasteiger partial charge in [-0.15, -0.1) is 14.8 Å². The first-order chi connectivity index (χ1) is 7.47. The van der Waals surface area contributed by atoms with Crippen LogP contribution >= 0.6 is 0 Å². The Morgan fingerprint density at radius 2 is 1.56 bits per heavy atom. The molecule has 0 saturated carbocycles. The van der Waals surface area contributed by atoms with Crippen molar-refractivity contribution in [3.05, 3.63) is 49.2 Å². The second kappa shape index (κ2) is 5.59. The summed E-state index contributed by atoms with van der Waals surface area (Å²) >= 11 is 0. The standard InChI is InChI=1S/C9H8NO.ClHO4/c1-2-4-9(5-3-1)10-6-7-11-8-10;2-1(3,4)5/h1-8H;(H,2,3,4,5)/q+1;/p-1. The van der Waals surface area contributed by atoms with Crippen molar-refractivity contribution >= 4 is 0 Å². The third-order valence-electron chi connectivity index (χ3n) is 1.53. The molecule has 1 heterocycles. The molecule has 0 spiro atoms. The van der Waals surface area contributed by atoms with Gasteiger partial charge in [0.15, 0.2) is 6.26 Å². The fraction of sp³-hybridized carbons (Fsp3) is 0. The van der Waals surface area contributed by atoms with E-state index in [9.17, 15) is 0 Å². The molecule has 2 rings (SSSR count). The minimum absolute atomic E-state index is 1.11. The van der Waals surface area contributed by atoms with Gasteiger partial charge in [0.05, 0.1) is 0 Å². The highest BCUT2D eigenvalue weighted by atomic mass is 35.7. The van der Waals surface area contributed by atoms with Gasteiger partial charge in [-0.3, -0.25) is 0 Å². The SMILES string of the molecule is [O-][Cl+3]([O-])([O-])[O-].c1ccc(-[n+]2ccoc2)cc1. The maximum Gasteiger partial charge on any atom is 0.340 e. The molecule has 0 fully saturated rings. The molecule has 0 radical (unpaired) electrons. The average molecular weight is 246 g/mol. The Hall–Kier alpha value is -1.44. The molecular formula is C9H8ClNO5. The highest BCUT2D eigenvalue weighted by molar-refractivity contribution is 5.20. The van der Waals surface area contributed by atoms with Crippen molar-refractivity contribution in [2.24, 2.45) is 0 Å². The van der Waals surface area contributed by atoms with E-state index in [0.717, 1.165) is 5.69 Å². The average Bonchev–Trinajstić information content (AvgIpc) is 2.69. The van der Waals surface area contributed by atoms with Crippen LogP contribution in [0.4, 0.5) is 0 Å². The number of nitrogens with zero attached hydrogens (tertiary/aromatic N) is 1. The summed E-state index contributed by atoms with van der Waals surface area (Å²) in [5, 5.41) is 0. The number of oxazole rings is 1. The van der Waals surface area contributed by atoms with Gasteiger partial charge in [-0.2, -0.15) is 0 Å². The number of rotatable bonds is 1. The molecule has 0 amide bonds. The molecular weight excluding hydrogens is 238 g/mol. The summed E-state index contributed by atoms with van der Waals surface area (Å²) in [6.07, 6.45) is 5.18. The second-order valence-corrected chi connectivity index (χ2v) is 3.40. The molecule has 1 aromatic carbocycles. The second-order valence-electron chi connectivity index (χ2n) is 2.65. The number of hydrogen-bond donors (Lipinski definition) is 0. The third-order valence-corrected chi connectivity index (χ3v) is 1.53. The highest BCUT2D eigenvalue weighted by Crippen LogP contribution is 1.96. The lowest BCUT2D eigenvalue weighted by molar-refractivity contribution is -2.00. The van der Waals surface area contributed by atoms with Gasteiger partial charge in [-0.05, 0) is 0 Å². The van der Waals surface area contributed by atoms with E-state index in [2.05, 4.69) is 0 Å². The quantitative estimate of drug-likeness (QED) is 0.492. The monoisotopic (exact) mass is 245 g/mol. The molecule has 0 bridgehead atoms. The first-order valence-electron chi connectivity index (χ1n) is 4.07. The van der Waals surface area contributed by atoms with E-state index in [0.29, 0.717) is 0 Å². The molecule has 1 aromatic heterocycles. The zero-order chi connectivity index (χ0) is 12.0. The van der Waals surface area contributed by atoms with E-state index in [1.807, 2.05) is 41.1 Å². The third kappa shape index (κ3) is 5.44. The van der Waals surface area contributed by atoms with Gasteiger partial charge in [0, 0.05) is 12.1 Å². The van der Waals surface area contributed by atoms with Crippen molar-refractivity contribution in [3.63, 3.8) is 0 Å². The van der Waals surface area contributed by atoms with Crippen LogP contribution < -0.4 is 23.2 Å². The lowest BCUT2D eigenvalue weighted by Crippen LogP contribution is -2.68. The molecule has 16 heavy (non-hydrogen) atoms. The van der Waals surface area contributed by atoms with E-state index in [-0.39, 0.29) is 0 Å². The Bertz CT molecular complexity index is 392. The molecule has 86 valence electrons. The van der Waals surface area contributed by atoms with Crippen molar-refractivity contribution in [1.29, 1.82) is 0 Å². The van der Waals surface area contributed by atoms with Crippen molar-refractivity contribution < 1.29 is 37.9 Å². The van der Waals surface area contributed by atoms with Gasteiger partial charge >= 0.3 is 6.39 Å². The Kier molecular flexibility index (Phi) is 4.41. The van der Waals surface area contributed by atoms with Crippen LogP contribution in [0.2, 0.25) is 0 Å². The lowest BCUT2D eigenvalue weighted by atomic mass is 10.3. The number of hydrogen-bond acceptors (Lipinski definition) is 5. The maximum atomic E-state index is 8.49. The molecule has 0 atom stereocenters. The van der Waals surface area contributed by atoms with E-state index >= 15 is 0 Å². The van der Waals surface area contributed by atoms with Crippen LogP contribution in [0.15, 0.2) is 53.6 Å². The van der Waals surface area contributed by atoms with Gasteiger partial charge in [-0.1, -0.05) is 18.2 Å². The molecule has 0 unspecified atom stereocenters. The van der Waals surface area contributed by atoms with Crippen LogP contribution in [0.1, 0.15) is 0 Å². The van der Waals surface area contributed by atoms with Gasteiger partial charge in [-0.25, -0.2) is 18.6 Å². The smallest absolute Gasteiger partial charge is 0.340 e. The fourth-order valence-corrected chi connectivity index (χ4v) is 0.984. The predicted octanol–water partition coefficient (Wildman–Crippen LogP) is -3.20. The van der Waals surface area contributed by atoms with E-state index in [4.69, 9.17) is 23.1 Å². The molecule has 0 aliphatic heterocycles. The summed E-state index contributed by atoms with van der Waals surface area (Å²) in [5.74, 6) is 0. The molecule has 0 aliphatic carbocycles. The zero-order valence-corrected chi connectivity index (χ0v) is 8.74. The number of para-hydroxylation sites is 1. The van der Waals surface area contributed by atoms with Crippen LogP contribution in [-0.4, -0.2) is 0 Å². The van der Waals surface area contributed by atoms with Crippen molar-refractivity contribution in [2.45, 2.75) is 0 Å². The normalized spacial score (nSPS) is 10.5. The number of aromatic nitrogens is 1. The summed E-state index contributed by atoms with van der Waals surface area (Å²) < 4.78 is 40.8. The van der Waals surface area contributed by atoms with Gasteiger partial charge < -0.3 is 4.42 Å². The van der Waals surface area contributed by atoms with Crippen LogP contribution in [0, 0.1) is 10.2 Å². The largest absolute Gasteiger partial charge is 0.412 e. The van der Waals surface area contributed by atoms with Crippen LogP contribution in [0.5, 0.6) is 0 Å². The Labute approximate surface area is 93.4 Å². The first kappa shape index (κ1) is 12.6. The van der Waals surface area contributed by atoms with Crippen LogP contribution in [0.3, 0.4) is 0 Å². The predicted molar refractivity (Wildman–Crippen MR) is 40.2 cm³/mol. The van der Waals surface area contributed by atoms with Gasteiger partial charge in [0.25, 0.3) is 0 Å². The summed E-state index contributed by atoms with van der Waals surface area (Å²) in [7, 11) is -4.94. The van der Waals surface area contributed by atoms with Gasteiger partial charge in [0.1, 0.15) is 0 Å². The zero-order valence-electron chi connectivity index (χ0n) is 7.99. The number of benzene rings is 1. The van der Waals surface area contributed by atoms with E-state index in [1.165, 1.54) is 0 Å². The topological polar surface area (TPSA) is 109 Å². The Balaban J connectivity index is 0.000000221. The Morgan fingerprint density at radius 1 is 1.00 bits per heavy atom. The fourth-order valence-electron chi connectivity index (χ4n) is 0.984.